The van der Waals surface area contributed by atoms with Gasteiger partial charge >= 0.3 is 0 Å². The highest BCUT2D eigenvalue weighted by Crippen LogP contribution is 2.27. The van der Waals surface area contributed by atoms with Gasteiger partial charge in [0.2, 0.25) is 0 Å². The first-order chi connectivity index (χ1) is 8.58. The minimum absolute atomic E-state index is 0.237. The predicted molar refractivity (Wildman–Crippen MR) is 65.9 cm³/mol. The van der Waals surface area contributed by atoms with E-state index in [1.54, 1.807) is 12.4 Å². The molecule has 1 aromatic carbocycles. The number of halogens is 2. The van der Waals surface area contributed by atoms with Crippen LogP contribution in [-0.2, 0) is 0 Å². The molecular formula is C11H8F2N2OS2. The first-order valence-electron chi connectivity index (χ1n) is 5.00. The lowest BCUT2D eigenvalue weighted by atomic mass is 10.1. The lowest BCUT2D eigenvalue weighted by Gasteiger charge is -2.08. The van der Waals surface area contributed by atoms with Gasteiger partial charge in [-0.05, 0) is 25.1 Å². The van der Waals surface area contributed by atoms with E-state index in [4.69, 9.17) is 0 Å². The second-order valence-electron chi connectivity index (χ2n) is 3.45. The number of thioether (sulfide) groups is 1. The third-order valence-electron chi connectivity index (χ3n) is 2.18. The molecule has 0 aliphatic heterocycles. The van der Waals surface area contributed by atoms with Gasteiger partial charge in [-0.2, -0.15) is 0 Å². The van der Waals surface area contributed by atoms with Crippen molar-refractivity contribution >= 4 is 28.9 Å². The Morgan fingerprint density at radius 2 is 2.22 bits per heavy atom. The summed E-state index contributed by atoms with van der Waals surface area (Å²) in [6, 6.07) is 2.84. The fraction of sp³-hybridized carbons (Fsp3) is 0.182. The lowest BCUT2D eigenvalue weighted by molar-refractivity contribution is 0.0989. The SMILES string of the molecule is CC(Sc1nncs1)C(=O)c1cc(F)ccc1F. The number of rotatable bonds is 4. The van der Waals surface area contributed by atoms with Crippen LogP contribution in [0.1, 0.15) is 17.3 Å². The van der Waals surface area contributed by atoms with Crippen molar-refractivity contribution in [2.75, 3.05) is 0 Å². The normalized spacial score (nSPS) is 12.4. The molecule has 3 nitrogen and oxygen atoms in total. The maximum absolute atomic E-state index is 13.4. The van der Waals surface area contributed by atoms with Crippen molar-refractivity contribution in [2.24, 2.45) is 0 Å². The molecule has 0 radical (unpaired) electrons. The topological polar surface area (TPSA) is 42.9 Å². The largest absolute Gasteiger partial charge is 0.293 e. The van der Waals surface area contributed by atoms with E-state index in [2.05, 4.69) is 10.2 Å². The highest BCUT2D eigenvalue weighted by atomic mass is 32.2. The highest BCUT2D eigenvalue weighted by Gasteiger charge is 2.21. The van der Waals surface area contributed by atoms with Crippen molar-refractivity contribution in [3.8, 4) is 0 Å². The van der Waals surface area contributed by atoms with E-state index in [1.807, 2.05) is 0 Å². The van der Waals surface area contributed by atoms with E-state index in [0.29, 0.717) is 4.34 Å². The molecule has 0 amide bonds. The summed E-state index contributed by atoms with van der Waals surface area (Å²) < 4.78 is 27.1. The highest BCUT2D eigenvalue weighted by molar-refractivity contribution is 8.02. The lowest BCUT2D eigenvalue weighted by Crippen LogP contribution is -2.15. The number of Topliss-reactive ketones (excluding diaryl/α,β-unsaturated/α-hetero) is 1. The van der Waals surface area contributed by atoms with Crippen LogP contribution in [0.2, 0.25) is 0 Å². The predicted octanol–water partition coefficient (Wildman–Crippen LogP) is 3.18. The van der Waals surface area contributed by atoms with E-state index in [0.717, 1.165) is 18.2 Å². The van der Waals surface area contributed by atoms with Crippen LogP contribution in [0.5, 0.6) is 0 Å². The Labute approximate surface area is 110 Å². The van der Waals surface area contributed by atoms with E-state index < -0.39 is 22.7 Å². The second kappa shape index (κ2) is 5.53. The molecule has 0 spiro atoms. The Hall–Kier alpha value is -1.34. The van der Waals surface area contributed by atoms with Crippen LogP contribution in [0.4, 0.5) is 8.78 Å². The van der Waals surface area contributed by atoms with Crippen LogP contribution < -0.4 is 0 Å². The van der Waals surface area contributed by atoms with Gasteiger partial charge in [0, 0.05) is 0 Å². The van der Waals surface area contributed by atoms with E-state index in [9.17, 15) is 13.6 Å². The second-order valence-corrected chi connectivity index (χ2v) is 5.87. The molecule has 0 saturated carbocycles. The van der Waals surface area contributed by atoms with E-state index in [1.165, 1.54) is 23.1 Å². The van der Waals surface area contributed by atoms with Crippen molar-refractivity contribution in [1.29, 1.82) is 0 Å². The van der Waals surface area contributed by atoms with Gasteiger partial charge in [0.05, 0.1) is 10.8 Å². The van der Waals surface area contributed by atoms with Gasteiger partial charge in [0.1, 0.15) is 17.1 Å². The maximum Gasteiger partial charge on any atom is 0.179 e. The van der Waals surface area contributed by atoms with Crippen molar-refractivity contribution in [3.63, 3.8) is 0 Å². The van der Waals surface area contributed by atoms with Crippen molar-refractivity contribution in [3.05, 3.63) is 40.9 Å². The van der Waals surface area contributed by atoms with Crippen LogP contribution in [0, 0.1) is 11.6 Å². The molecule has 0 aliphatic carbocycles. The first-order valence-corrected chi connectivity index (χ1v) is 6.76. The number of hydrogen-bond acceptors (Lipinski definition) is 5. The molecule has 1 atom stereocenters. The van der Waals surface area contributed by atoms with Gasteiger partial charge in [-0.25, -0.2) is 8.78 Å². The Bertz CT molecular complexity index is 560. The van der Waals surface area contributed by atoms with Crippen LogP contribution in [0.25, 0.3) is 0 Å². The standard InChI is InChI=1S/C11H8F2N2OS2/c1-6(18-11-15-14-5-17-11)10(16)8-4-7(12)2-3-9(8)13/h2-6H,1H3. The smallest absolute Gasteiger partial charge is 0.179 e. The minimum atomic E-state index is -0.717. The minimum Gasteiger partial charge on any atom is -0.293 e. The number of ketones is 1. The molecule has 1 heterocycles. The zero-order valence-electron chi connectivity index (χ0n) is 9.26. The quantitative estimate of drug-likeness (QED) is 0.639. The van der Waals surface area contributed by atoms with Crippen molar-refractivity contribution < 1.29 is 13.6 Å². The van der Waals surface area contributed by atoms with Gasteiger partial charge in [0.15, 0.2) is 10.1 Å². The summed E-state index contributed by atoms with van der Waals surface area (Å²) in [5.74, 6) is -1.81. The van der Waals surface area contributed by atoms with Crippen molar-refractivity contribution in [2.45, 2.75) is 16.5 Å². The number of benzene rings is 1. The molecule has 2 rings (SSSR count). The number of aromatic nitrogens is 2. The fourth-order valence-electron chi connectivity index (χ4n) is 1.32. The van der Waals surface area contributed by atoms with Crippen LogP contribution in [0.15, 0.2) is 28.0 Å². The summed E-state index contributed by atoms with van der Waals surface area (Å²) in [5.41, 5.74) is 1.31. The molecule has 0 saturated heterocycles. The summed E-state index contributed by atoms with van der Waals surface area (Å²) in [6.07, 6.45) is 0. The van der Waals surface area contributed by atoms with Crippen LogP contribution >= 0.6 is 23.1 Å². The van der Waals surface area contributed by atoms with Gasteiger partial charge in [-0.3, -0.25) is 4.79 Å². The number of nitrogens with zero attached hydrogens (tertiary/aromatic N) is 2. The molecule has 0 bridgehead atoms. The molecular weight excluding hydrogens is 278 g/mol. The molecule has 1 aromatic heterocycles. The molecule has 7 heteroatoms. The number of hydrogen-bond donors (Lipinski definition) is 0. The Morgan fingerprint density at radius 3 is 2.89 bits per heavy atom. The third kappa shape index (κ3) is 2.91. The summed E-state index contributed by atoms with van der Waals surface area (Å²) in [4.78, 5) is 12.0. The van der Waals surface area contributed by atoms with Gasteiger partial charge in [-0.15, -0.1) is 10.2 Å². The molecule has 2 aromatic rings. The van der Waals surface area contributed by atoms with E-state index >= 15 is 0 Å². The van der Waals surface area contributed by atoms with Crippen LogP contribution in [-0.4, -0.2) is 21.2 Å². The Kier molecular flexibility index (Phi) is 4.03. The van der Waals surface area contributed by atoms with Crippen LogP contribution in [0.3, 0.4) is 0 Å². The fourth-order valence-corrected chi connectivity index (χ4v) is 3.02. The Balaban J connectivity index is 2.17. The molecule has 18 heavy (non-hydrogen) atoms. The number of carbonyl (C=O) groups is 1. The molecule has 1 unspecified atom stereocenters. The molecule has 0 aliphatic rings. The summed E-state index contributed by atoms with van der Waals surface area (Å²) in [7, 11) is 0. The number of carbonyl (C=O) groups excluding carboxylic acids is 1. The zero-order chi connectivity index (χ0) is 13.1. The molecule has 0 fully saturated rings. The summed E-state index contributed by atoms with van der Waals surface area (Å²) in [5, 5.41) is 6.88. The summed E-state index contributed by atoms with van der Waals surface area (Å²) >= 11 is 2.47. The Morgan fingerprint density at radius 1 is 1.44 bits per heavy atom. The van der Waals surface area contributed by atoms with Gasteiger partial charge in [0.25, 0.3) is 0 Å². The van der Waals surface area contributed by atoms with Gasteiger partial charge < -0.3 is 0 Å². The third-order valence-corrected chi connectivity index (χ3v) is 4.09. The average Bonchev–Trinajstić information content (AvgIpc) is 2.84. The molecule has 0 N–H and O–H groups in total. The molecule has 94 valence electrons. The summed E-state index contributed by atoms with van der Waals surface area (Å²) in [6.45, 7) is 1.62. The van der Waals surface area contributed by atoms with Gasteiger partial charge in [-0.1, -0.05) is 23.1 Å². The maximum atomic E-state index is 13.4. The van der Waals surface area contributed by atoms with E-state index in [-0.39, 0.29) is 5.56 Å². The first kappa shape index (κ1) is 13.1. The zero-order valence-corrected chi connectivity index (χ0v) is 10.9. The van der Waals surface area contributed by atoms with Crippen molar-refractivity contribution in [1.82, 2.24) is 10.2 Å². The monoisotopic (exact) mass is 286 g/mol. The average molecular weight is 286 g/mol.